The van der Waals surface area contributed by atoms with Crippen LogP contribution < -0.4 is 0 Å². The number of benzene rings is 2. The zero-order valence-electron chi connectivity index (χ0n) is 12.9. The number of aliphatic imine (C=N–C) groups is 2. The fourth-order valence-electron chi connectivity index (χ4n) is 1.98. The summed E-state index contributed by atoms with van der Waals surface area (Å²) in [5.41, 5.74) is -4.35. The maximum atomic E-state index is 11.0. The van der Waals surface area contributed by atoms with Crippen molar-refractivity contribution in [1.82, 2.24) is 0 Å². The van der Waals surface area contributed by atoms with Gasteiger partial charge in [-0.15, -0.1) is 0 Å². The van der Waals surface area contributed by atoms with E-state index in [-0.39, 0.29) is 0 Å². The topological polar surface area (TPSA) is 197 Å². The lowest BCUT2D eigenvalue weighted by Gasteiger charge is -1.98. The summed E-state index contributed by atoms with van der Waals surface area (Å²) in [5, 5.41) is 44.0. The zero-order chi connectivity index (χ0) is 20.1. The Morgan fingerprint density at radius 1 is 0.593 bits per heavy atom. The van der Waals surface area contributed by atoms with Gasteiger partial charge in [-0.2, -0.15) is 9.98 Å². The van der Waals surface area contributed by atoms with Gasteiger partial charge in [-0.3, -0.25) is 40.5 Å². The molecular formula is C13H6N6O8. The van der Waals surface area contributed by atoms with Crippen LogP contribution in [0, 0.1) is 40.5 Å². The first-order valence-electron chi connectivity index (χ1n) is 6.74. The fraction of sp³-hybridized carbons (Fsp3) is 0. The molecule has 0 fully saturated rings. The van der Waals surface area contributed by atoms with E-state index in [1.807, 2.05) is 6.01 Å². The van der Waals surface area contributed by atoms with Crippen LogP contribution in [-0.2, 0) is 0 Å². The molecule has 0 radical (unpaired) electrons. The largest absolute Gasteiger partial charge is 0.302 e. The van der Waals surface area contributed by atoms with Crippen LogP contribution in [0.2, 0.25) is 0 Å². The van der Waals surface area contributed by atoms with Crippen molar-refractivity contribution in [3.63, 3.8) is 0 Å². The molecule has 2 rings (SSSR count). The number of hydrogen-bond donors (Lipinski definition) is 0. The van der Waals surface area contributed by atoms with E-state index in [9.17, 15) is 40.5 Å². The van der Waals surface area contributed by atoms with Crippen molar-refractivity contribution in [2.45, 2.75) is 0 Å². The van der Waals surface area contributed by atoms with E-state index in [1.165, 1.54) is 0 Å². The van der Waals surface area contributed by atoms with Gasteiger partial charge in [0.2, 0.25) is 11.4 Å². The average Bonchev–Trinajstić information content (AvgIpc) is 2.61. The van der Waals surface area contributed by atoms with Gasteiger partial charge >= 0.3 is 22.7 Å². The number of nitro groups is 4. The van der Waals surface area contributed by atoms with Gasteiger partial charge in [-0.05, 0) is 12.1 Å². The predicted octanol–water partition coefficient (Wildman–Crippen LogP) is 3.46. The predicted molar refractivity (Wildman–Crippen MR) is 88.7 cm³/mol. The Hall–Kier alpha value is -4.58. The summed E-state index contributed by atoms with van der Waals surface area (Å²) >= 11 is 0. The molecule has 0 amide bonds. The molecule has 0 bridgehead atoms. The van der Waals surface area contributed by atoms with E-state index in [4.69, 9.17) is 0 Å². The third-order valence-corrected chi connectivity index (χ3v) is 3.10. The van der Waals surface area contributed by atoms with Gasteiger partial charge in [0.25, 0.3) is 0 Å². The number of para-hydroxylation sites is 2. The molecule has 0 aromatic heterocycles. The Bertz CT molecular complexity index is 899. The summed E-state index contributed by atoms with van der Waals surface area (Å²) in [6.07, 6.45) is 0. The quantitative estimate of drug-likeness (QED) is 0.415. The van der Waals surface area contributed by atoms with Crippen LogP contribution in [0.15, 0.2) is 46.4 Å². The van der Waals surface area contributed by atoms with Crippen molar-refractivity contribution < 1.29 is 19.7 Å². The molecule has 2 aromatic rings. The fourth-order valence-corrected chi connectivity index (χ4v) is 1.98. The molecule has 0 aliphatic rings. The number of nitrogens with zero attached hydrogens (tertiary/aromatic N) is 6. The molecular weight excluding hydrogens is 368 g/mol. The normalized spacial score (nSPS) is 9.78. The molecule has 0 heterocycles. The van der Waals surface area contributed by atoms with Crippen molar-refractivity contribution >= 4 is 40.1 Å². The molecule has 27 heavy (non-hydrogen) atoms. The Kier molecular flexibility index (Phi) is 5.24. The molecule has 0 atom stereocenters. The lowest BCUT2D eigenvalue weighted by molar-refractivity contribution is -0.392. The molecule has 0 aliphatic carbocycles. The first-order valence-corrected chi connectivity index (χ1v) is 6.74. The highest BCUT2D eigenvalue weighted by Crippen LogP contribution is 2.38. The number of hydrogen-bond acceptors (Lipinski definition) is 10. The summed E-state index contributed by atoms with van der Waals surface area (Å²) in [6.45, 7) is 0. The lowest BCUT2D eigenvalue weighted by atomic mass is 10.2. The van der Waals surface area contributed by atoms with E-state index in [0.717, 1.165) is 36.4 Å². The second-order valence-corrected chi connectivity index (χ2v) is 4.64. The van der Waals surface area contributed by atoms with Gasteiger partial charge in [0, 0.05) is 24.3 Å². The van der Waals surface area contributed by atoms with Gasteiger partial charge in [0.1, 0.15) is 6.01 Å². The highest BCUT2D eigenvalue weighted by atomic mass is 16.6. The van der Waals surface area contributed by atoms with E-state index in [0.29, 0.717) is 0 Å². The van der Waals surface area contributed by atoms with Crippen molar-refractivity contribution in [2.75, 3.05) is 0 Å². The standard InChI is InChI=1S/C13H6N6O8/c20-16(21)8-3-1-4-9(17(22)23)12(8)14-7-15-13-10(18(24)25)5-2-6-11(13)19(26)27/h1-6H. The first-order chi connectivity index (χ1) is 12.7. The summed E-state index contributed by atoms with van der Waals surface area (Å²) < 4.78 is 0. The monoisotopic (exact) mass is 374 g/mol. The van der Waals surface area contributed by atoms with Crippen LogP contribution in [0.1, 0.15) is 0 Å². The Labute approximate surface area is 147 Å². The van der Waals surface area contributed by atoms with Crippen LogP contribution in [0.5, 0.6) is 0 Å². The van der Waals surface area contributed by atoms with Crippen LogP contribution in [0.4, 0.5) is 34.1 Å². The van der Waals surface area contributed by atoms with Gasteiger partial charge in [0.05, 0.1) is 19.7 Å². The first kappa shape index (κ1) is 18.8. The van der Waals surface area contributed by atoms with Gasteiger partial charge < -0.3 is 0 Å². The van der Waals surface area contributed by atoms with Gasteiger partial charge in [-0.1, -0.05) is 0 Å². The highest BCUT2D eigenvalue weighted by Gasteiger charge is 2.26. The van der Waals surface area contributed by atoms with Crippen LogP contribution in [0.3, 0.4) is 0 Å². The minimum Gasteiger partial charge on any atom is -0.258 e. The number of rotatable bonds is 6. The summed E-state index contributed by atoms with van der Waals surface area (Å²) in [4.78, 5) is 47.1. The van der Waals surface area contributed by atoms with Crippen LogP contribution in [-0.4, -0.2) is 25.7 Å². The highest BCUT2D eigenvalue weighted by molar-refractivity contribution is 5.77. The van der Waals surface area contributed by atoms with Crippen molar-refractivity contribution in [1.29, 1.82) is 0 Å². The summed E-state index contributed by atoms with van der Waals surface area (Å²) in [6, 6.07) is 7.75. The Balaban J connectivity index is 2.69. The van der Waals surface area contributed by atoms with Crippen molar-refractivity contribution in [3.05, 3.63) is 76.9 Å². The Morgan fingerprint density at radius 2 is 0.852 bits per heavy atom. The summed E-state index contributed by atoms with van der Waals surface area (Å²) in [5.74, 6) is 0. The molecule has 0 spiro atoms. The third kappa shape index (κ3) is 3.92. The lowest BCUT2D eigenvalue weighted by Crippen LogP contribution is -1.94. The second-order valence-electron chi connectivity index (χ2n) is 4.64. The molecule has 0 unspecified atom stereocenters. The molecule has 0 saturated carbocycles. The maximum Gasteiger partial charge on any atom is 0.302 e. The molecule has 0 aliphatic heterocycles. The summed E-state index contributed by atoms with van der Waals surface area (Å²) in [7, 11) is 0. The van der Waals surface area contributed by atoms with Crippen molar-refractivity contribution in [2.24, 2.45) is 9.98 Å². The smallest absolute Gasteiger partial charge is 0.258 e. The van der Waals surface area contributed by atoms with E-state index < -0.39 is 53.8 Å². The molecule has 0 saturated heterocycles. The number of nitro benzene ring substituents is 4. The molecule has 14 heteroatoms. The van der Waals surface area contributed by atoms with Crippen LogP contribution in [0.25, 0.3) is 0 Å². The van der Waals surface area contributed by atoms with Crippen LogP contribution >= 0.6 is 0 Å². The third-order valence-electron chi connectivity index (χ3n) is 3.10. The van der Waals surface area contributed by atoms with Gasteiger partial charge in [-0.25, -0.2) is 0 Å². The molecule has 0 N–H and O–H groups in total. The SMILES string of the molecule is O=[N+]([O-])c1cccc([N+](=O)[O-])c1N=C=Nc1c([N+](=O)[O-])cccc1[N+](=O)[O-]. The van der Waals surface area contributed by atoms with E-state index in [1.54, 1.807) is 0 Å². The molecule has 14 nitrogen and oxygen atoms in total. The minimum absolute atomic E-state index is 0.711. The van der Waals surface area contributed by atoms with Crippen molar-refractivity contribution in [3.8, 4) is 0 Å². The molecule has 2 aromatic carbocycles. The van der Waals surface area contributed by atoms with Gasteiger partial charge in [0.15, 0.2) is 0 Å². The minimum atomic E-state index is -0.930. The molecule has 136 valence electrons. The van der Waals surface area contributed by atoms with E-state index in [2.05, 4.69) is 9.98 Å². The second kappa shape index (κ2) is 7.54. The maximum absolute atomic E-state index is 11.0. The van der Waals surface area contributed by atoms with E-state index >= 15 is 0 Å². The average molecular weight is 374 g/mol. The zero-order valence-corrected chi connectivity index (χ0v) is 12.9. The Morgan fingerprint density at radius 3 is 1.07 bits per heavy atom.